The van der Waals surface area contributed by atoms with Gasteiger partial charge in [-0.2, -0.15) is 0 Å². The molecule has 1 saturated carbocycles. The fourth-order valence-electron chi connectivity index (χ4n) is 3.90. The second-order valence-corrected chi connectivity index (χ2v) is 6.57. The first-order valence-electron chi connectivity index (χ1n) is 8.14. The first-order valence-corrected chi connectivity index (χ1v) is 8.14. The molecule has 19 heavy (non-hydrogen) atoms. The molecule has 1 aliphatic carbocycles. The van der Waals surface area contributed by atoms with Gasteiger partial charge in [0.15, 0.2) is 0 Å². The summed E-state index contributed by atoms with van der Waals surface area (Å²) in [7, 11) is 0. The van der Waals surface area contributed by atoms with Crippen molar-refractivity contribution < 1.29 is 0 Å². The van der Waals surface area contributed by atoms with Crippen molar-refractivity contribution in [3.8, 4) is 0 Å². The lowest BCUT2D eigenvalue weighted by molar-refractivity contribution is 0.162. The Hall–Kier alpha value is -0.820. The van der Waals surface area contributed by atoms with Gasteiger partial charge in [-0.15, -0.1) is 0 Å². The highest BCUT2D eigenvalue weighted by Gasteiger charge is 2.23. The van der Waals surface area contributed by atoms with Crippen LogP contribution < -0.4 is 0 Å². The second kappa shape index (κ2) is 6.09. The minimum atomic E-state index is 0.713. The fraction of sp³-hybridized carbons (Fsp3) is 0.667. The molecular formula is C18H27N. The van der Waals surface area contributed by atoms with Gasteiger partial charge < -0.3 is 0 Å². The standard InChI is InChI=1S/C18H27N/c1-15-13-18-10-6-5-9-17(18)11-12-19(15)14-16-7-3-2-4-8-16/h5-6,9-10,15-16H,2-4,7-8,11-14H2,1H3. The molecule has 1 heterocycles. The predicted molar refractivity (Wildman–Crippen MR) is 81.5 cm³/mol. The van der Waals surface area contributed by atoms with Crippen molar-refractivity contribution in [2.24, 2.45) is 5.92 Å². The highest BCUT2D eigenvalue weighted by Crippen LogP contribution is 2.27. The average molecular weight is 257 g/mol. The maximum absolute atomic E-state index is 2.76. The molecule has 104 valence electrons. The summed E-state index contributed by atoms with van der Waals surface area (Å²) in [5.41, 5.74) is 3.17. The Morgan fingerprint density at radius 2 is 1.79 bits per heavy atom. The van der Waals surface area contributed by atoms with E-state index in [2.05, 4.69) is 36.1 Å². The summed E-state index contributed by atoms with van der Waals surface area (Å²) in [5, 5.41) is 0. The van der Waals surface area contributed by atoms with Gasteiger partial charge in [0.25, 0.3) is 0 Å². The van der Waals surface area contributed by atoms with E-state index in [0.717, 1.165) is 5.92 Å². The first kappa shape index (κ1) is 13.2. The van der Waals surface area contributed by atoms with E-state index in [4.69, 9.17) is 0 Å². The molecule has 0 aromatic heterocycles. The van der Waals surface area contributed by atoms with Gasteiger partial charge in [-0.3, -0.25) is 4.90 Å². The first-order chi connectivity index (χ1) is 9.33. The highest BCUT2D eigenvalue weighted by atomic mass is 15.2. The molecule has 2 aliphatic rings. The van der Waals surface area contributed by atoms with E-state index in [0.29, 0.717) is 6.04 Å². The molecule has 1 atom stereocenters. The number of rotatable bonds is 2. The van der Waals surface area contributed by atoms with Crippen LogP contribution in [0, 0.1) is 5.92 Å². The molecule has 0 saturated heterocycles. The van der Waals surface area contributed by atoms with E-state index in [9.17, 15) is 0 Å². The Morgan fingerprint density at radius 1 is 1.05 bits per heavy atom. The van der Waals surface area contributed by atoms with Crippen molar-refractivity contribution in [1.29, 1.82) is 0 Å². The van der Waals surface area contributed by atoms with E-state index in [1.807, 2.05) is 0 Å². The molecule has 0 bridgehead atoms. The van der Waals surface area contributed by atoms with Gasteiger partial charge in [-0.1, -0.05) is 43.5 Å². The van der Waals surface area contributed by atoms with Crippen molar-refractivity contribution in [2.45, 2.75) is 57.9 Å². The lowest BCUT2D eigenvalue weighted by Crippen LogP contribution is -2.38. The molecule has 0 amide bonds. The molecule has 3 rings (SSSR count). The van der Waals surface area contributed by atoms with Crippen LogP contribution in [0.1, 0.15) is 50.2 Å². The zero-order valence-electron chi connectivity index (χ0n) is 12.3. The van der Waals surface area contributed by atoms with E-state index in [1.54, 1.807) is 11.1 Å². The van der Waals surface area contributed by atoms with Gasteiger partial charge in [0.1, 0.15) is 0 Å². The normalized spacial score (nSPS) is 25.8. The molecule has 1 fully saturated rings. The third-order valence-corrected chi connectivity index (χ3v) is 5.14. The molecule has 1 unspecified atom stereocenters. The number of fused-ring (bicyclic) bond motifs is 1. The van der Waals surface area contributed by atoms with Crippen molar-refractivity contribution in [3.63, 3.8) is 0 Å². The second-order valence-electron chi connectivity index (χ2n) is 6.57. The fourth-order valence-corrected chi connectivity index (χ4v) is 3.90. The van der Waals surface area contributed by atoms with Crippen LogP contribution in [0.25, 0.3) is 0 Å². The quantitative estimate of drug-likeness (QED) is 0.772. The van der Waals surface area contributed by atoms with Crippen molar-refractivity contribution >= 4 is 0 Å². The molecule has 1 aromatic carbocycles. The minimum Gasteiger partial charge on any atom is -0.300 e. The molecular weight excluding hydrogens is 230 g/mol. The Kier molecular flexibility index (Phi) is 4.22. The lowest BCUT2D eigenvalue weighted by Gasteiger charge is -2.32. The Bertz CT molecular complexity index is 406. The SMILES string of the molecule is CC1Cc2ccccc2CCN1CC1CCCCC1. The molecule has 1 nitrogen and oxygen atoms in total. The van der Waals surface area contributed by atoms with E-state index < -0.39 is 0 Å². The van der Waals surface area contributed by atoms with E-state index >= 15 is 0 Å². The van der Waals surface area contributed by atoms with Crippen LogP contribution in [0.15, 0.2) is 24.3 Å². The Morgan fingerprint density at radius 3 is 2.58 bits per heavy atom. The molecule has 1 aliphatic heterocycles. The summed E-state index contributed by atoms with van der Waals surface area (Å²) in [5.74, 6) is 0.970. The molecule has 1 heteroatoms. The van der Waals surface area contributed by atoms with Gasteiger partial charge >= 0.3 is 0 Å². The molecule has 1 aromatic rings. The maximum atomic E-state index is 2.76. The number of hydrogen-bond acceptors (Lipinski definition) is 1. The Balaban J connectivity index is 1.65. The average Bonchev–Trinajstić information content (AvgIpc) is 2.60. The van der Waals surface area contributed by atoms with Gasteiger partial charge in [-0.05, 0) is 49.7 Å². The summed E-state index contributed by atoms with van der Waals surface area (Å²) < 4.78 is 0. The van der Waals surface area contributed by atoms with Crippen LogP contribution in [-0.4, -0.2) is 24.0 Å². The van der Waals surface area contributed by atoms with Crippen LogP contribution >= 0.6 is 0 Å². The van der Waals surface area contributed by atoms with Crippen LogP contribution in [-0.2, 0) is 12.8 Å². The topological polar surface area (TPSA) is 3.24 Å². The van der Waals surface area contributed by atoms with Gasteiger partial charge in [-0.25, -0.2) is 0 Å². The lowest BCUT2D eigenvalue weighted by atomic mass is 9.88. The number of benzene rings is 1. The van der Waals surface area contributed by atoms with Crippen LogP contribution in [0.3, 0.4) is 0 Å². The van der Waals surface area contributed by atoms with Crippen molar-refractivity contribution in [1.82, 2.24) is 4.90 Å². The van der Waals surface area contributed by atoms with Crippen LogP contribution in [0.5, 0.6) is 0 Å². The third-order valence-electron chi connectivity index (χ3n) is 5.14. The summed E-state index contributed by atoms with van der Waals surface area (Å²) in [6.45, 7) is 5.02. The van der Waals surface area contributed by atoms with Crippen molar-refractivity contribution in [2.75, 3.05) is 13.1 Å². The number of hydrogen-bond donors (Lipinski definition) is 0. The highest BCUT2D eigenvalue weighted by molar-refractivity contribution is 5.29. The predicted octanol–water partition coefficient (Wildman–Crippen LogP) is 4.06. The zero-order chi connectivity index (χ0) is 13.1. The van der Waals surface area contributed by atoms with E-state index in [-0.39, 0.29) is 0 Å². The summed E-state index contributed by atoms with van der Waals surface area (Å²) in [4.78, 5) is 2.76. The monoisotopic (exact) mass is 257 g/mol. The molecule has 0 spiro atoms. The largest absolute Gasteiger partial charge is 0.300 e. The molecule has 0 radical (unpaired) electrons. The molecule has 0 N–H and O–H groups in total. The maximum Gasteiger partial charge on any atom is 0.0108 e. The smallest absolute Gasteiger partial charge is 0.0108 e. The summed E-state index contributed by atoms with van der Waals surface area (Å²) >= 11 is 0. The van der Waals surface area contributed by atoms with Gasteiger partial charge in [0.2, 0.25) is 0 Å². The van der Waals surface area contributed by atoms with Gasteiger partial charge in [0.05, 0.1) is 0 Å². The summed E-state index contributed by atoms with van der Waals surface area (Å²) in [6.07, 6.45) is 9.82. The van der Waals surface area contributed by atoms with Gasteiger partial charge in [0, 0.05) is 19.1 Å². The summed E-state index contributed by atoms with van der Waals surface area (Å²) in [6, 6.07) is 9.76. The van der Waals surface area contributed by atoms with Crippen LogP contribution in [0.4, 0.5) is 0 Å². The zero-order valence-corrected chi connectivity index (χ0v) is 12.3. The Labute approximate surface area is 118 Å². The third kappa shape index (κ3) is 3.20. The minimum absolute atomic E-state index is 0.713. The number of nitrogens with zero attached hydrogens (tertiary/aromatic N) is 1. The van der Waals surface area contributed by atoms with Crippen LogP contribution in [0.2, 0.25) is 0 Å². The van der Waals surface area contributed by atoms with Crippen molar-refractivity contribution in [3.05, 3.63) is 35.4 Å². The van der Waals surface area contributed by atoms with E-state index in [1.165, 1.54) is 58.0 Å².